The molecule has 2 heterocycles. The maximum absolute atomic E-state index is 4.92. The Balaban J connectivity index is 1.90. The molecule has 0 aliphatic heterocycles. The third kappa shape index (κ3) is 4.86. The van der Waals surface area contributed by atoms with Gasteiger partial charge in [-0.15, -0.1) is 0 Å². The van der Waals surface area contributed by atoms with Gasteiger partial charge in [0, 0.05) is 36.1 Å². The molecule has 0 atom stereocenters. The molecule has 0 radical (unpaired) electrons. The molecule has 0 unspecified atom stereocenters. The lowest BCUT2D eigenvalue weighted by molar-refractivity contribution is -0.633. The van der Waals surface area contributed by atoms with Gasteiger partial charge in [0.1, 0.15) is 18.7 Å². The zero-order chi connectivity index (χ0) is 24.6. The van der Waals surface area contributed by atoms with Gasteiger partial charge >= 0.3 is 0 Å². The second kappa shape index (κ2) is 9.61. The first-order valence-corrected chi connectivity index (χ1v) is 12.4. The number of aryl methyl sites for hydroxylation is 3. The SMILES string of the molecule is Cc1cc(C)c(C)c(-c2ccc3c(-c4nc(CC(C)C)nc(CC(C)C)n4)cccc3[n+]2C)c1. The maximum Gasteiger partial charge on any atom is 0.213 e. The number of benzene rings is 2. The van der Waals surface area contributed by atoms with E-state index in [9.17, 15) is 0 Å². The van der Waals surface area contributed by atoms with Gasteiger partial charge in [0.05, 0.1) is 5.39 Å². The molecule has 0 fully saturated rings. The normalized spacial score (nSPS) is 11.7. The van der Waals surface area contributed by atoms with E-state index in [0.29, 0.717) is 11.8 Å². The van der Waals surface area contributed by atoms with Crippen molar-refractivity contribution >= 4 is 10.9 Å². The summed E-state index contributed by atoms with van der Waals surface area (Å²) in [6, 6.07) is 15.4. The van der Waals surface area contributed by atoms with E-state index in [0.717, 1.165) is 41.3 Å². The Hall–Kier alpha value is -3.14. The molecule has 4 nitrogen and oxygen atoms in total. The molecule has 2 aromatic carbocycles. The molecular formula is C30H37N4+. The summed E-state index contributed by atoms with van der Waals surface area (Å²) in [7, 11) is 2.15. The van der Waals surface area contributed by atoms with Crippen molar-refractivity contribution < 1.29 is 4.57 Å². The lowest BCUT2D eigenvalue weighted by Crippen LogP contribution is -2.32. The van der Waals surface area contributed by atoms with Gasteiger partial charge in [-0.2, -0.15) is 4.57 Å². The van der Waals surface area contributed by atoms with Gasteiger partial charge in [-0.3, -0.25) is 0 Å². The van der Waals surface area contributed by atoms with Crippen molar-refractivity contribution in [3.8, 4) is 22.6 Å². The molecular weight excluding hydrogens is 416 g/mol. The van der Waals surface area contributed by atoms with Crippen LogP contribution in [-0.4, -0.2) is 15.0 Å². The highest BCUT2D eigenvalue weighted by molar-refractivity contribution is 5.92. The van der Waals surface area contributed by atoms with Crippen molar-refractivity contribution in [2.45, 2.75) is 61.3 Å². The van der Waals surface area contributed by atoms with Crippen molar-refractivity contribution in [2.75, 3.05) is 0 Å². The highest BCUT2D eigenvalue weighted by atomic mass is 15.0. The fourth-order valence-corrected chi connectivity index (χ4v) is 4.70. The third-order valence-electron chi connectivity index (χ3n) is 6.45. The number of hydrogen-bond donors (Lipinski definition) is 0. The molecule has 4 rings (SSSR count). The van der Waals surface area contributed by atoms with Crippen LogP contribution in [0.2, 0.25) is 0 Å². The van der Waals surface area contributed by atoms with E-state index < -0.39 is 0 Å². The van der Waals surface area contributed by atoms with Crippen LogP contribution in [0.4, 0.5) is 0 Å². The number of rotatable bonds is 6. The van der Waals surface area contributed by atoms with Crippen molar-refractivity contribution in [3.63, 3.8) is 0 Å². The molecule has 0 N–H and O–H groups in total. The van der Waals surface area contributed by atoms with E-state index in [-0.39, 0.29) is 0 Å². The summed E-state index contributed by atoms with van der Waals surface area (Å²) in [5, 5.41) is 1.16. The van der Waals surface area contributed by atoms with Gasteiger partial charge in [-0.1, -0.05) is 51.5 Å². The molecule has 0 saturated carbocycles. The highest BCUT2D eigenvalue weighted by Crippen LogP contribution is 2.30. The molecule has 0 spiro atoms. The van der Waals surface area contributed by atoms with Crippen molar-refractivity contribution in [1.82, 2.24) is 15.0 Å². The lowest BCUT2D eigenvalue weighted by Gasteiger charge is -2.13. The number of fused-ring (bicyclic) bond motifs is 1. The van der Waals surface area contributed by atoms with Crippen molar-refractivity contribution in [1.29, 1.82) is 0 Å². The molecule has 2 aromatic heterocycles. The minimum absolute atomic E-state index is 0.496. The van der Waals surface area contributed by atoms with Crippen LogP contribution in [0.3, 0.4) is 0 Å². The number of aromatic nitrogens is 4. The van der Waals surface area contributed by atoms with Crippen LogP contribution in [0.5, 0.6) is 0 Å². The van der Waals surface area contributed by atoms with E-state index in [1.165, 1.54) is 33.5 Å². The first-order valence-electron chi connectivity index (χ1n) is 12.4. The van der Waals surface area contributed by atoms with Gasteiger partial charge in [-0.25, -0.2) is 15.0 Å². The van der Waals surface area contributed by atoms with E-state index in [2.05, 4.69) is 103 Å². The Morgan fingerprint density at radius 3 is 2.03 bits per heavy atom. The number of pyridine rings is 1. The Kier molecular flexibility index (Phi) is 6.79. The Morgan fingerprint density at radius 1 is 0.765 bits per heavy atom. The van der Waals surface area contributed by atoms with E-state index in [4.69, 9.17) is 15.0 Å². The topological polar surface area (TPSA) is 42.6 Å². The summed E-state index contributed by atoms with van der Waals surface area (Å²) < 4.78 is 2.30. The third-order valence-corrected chi connectivity index (χ3v) is 6.45. The summed E-state index contributed by atoms with van der Waals surface area (Å²) in [6.45, 7) is 15.4. The van der Waals surface area contributed by atoms with Gasteiger partial charge in [-0.05, 0) is 55.9 Å². The Bertz CT molecular complexity index is 1320. The quantitative estimate of drug-likeness (QED) is 0.313. The maximum atomic E-state index is 4.92. The summed E-state index contributed by atoms with van der Waals surface area (Å²) in [4.78, 5) is 14.6. The zero-order valence-corrected chi connectivity index (χ0v) is 21.9. The first kappa shape index (κ1) is 24.0. The molecule has 0 bridgehead atoms. The summed E-state index contributed by atoms with van der Waals surface area (Å²) in [6.07, 6.45) is 1.71. The summed E-state index contributed by atoms with van der Waals surface area (Å²) in [5.74, 6) is 3.55. The molecule has 0 aliphatic rings. The fraction of sp³-hybridized carbons (Fsp3) is 0.400. The second-order valence-corrected chi connectivity index (χ2v) is 10.5. The smallest absolute Gasteiger partial charge is 0.213 e. The van der Waals surface area contributed by atoms with Gasteiger partial charge in [0.15, 0.2) is 5.82 Å². The van der Waals surface area contributed by atoms with Crippen LogP contribution in [0, 0.1) is 32.6 Å². The van der Waals surface area contributed by atoms with Gasteiger partial charge < -0.3 is 0 Å². The predicted octanol–water partition coefficient (Wildman–Crippen LogP) is 6.51. The van der Waals surface area contributed by atoms with E-state index in [1.807, 2.05) is 0 Å². The monoisotopic (exact) mass is 453 g/mol. The molecule has 176 valence electrons. The Labute approximate surface area is 204 Å². The second-order valence-electron chi connectivity index (χ2n) is 10.5. The van der Waals surface area contributed by atoms with E-state index in [1.54, 1.807) is 0 Å². The predicted molar refractivity (Wildman–Crippen MR) is 141 cm³/mol. The van der Waals surface area contributed by atoms with Crippen molar-refractivity contribution in [2.24, 2.45) is 18.9 Å². The summed E-state index contributed by atoms with van der Waals surface area (Å²) >= 11 is 0. The van der Waals surface area contributed by atoms with Gasteiger partial charge in [0.2, 0.25) is 11.2 Å². The largest absolute Gasteiger partial charge is 0.218 e. The van der Waals surface area contributed by atoms with Gasteiger partial charge in [0.25, 0.3) is 0 Å². The summed E-state index contributed by atoms with van der Waals surface area (Å²) in [5.41, 5.74) is 8.67. The van der Waals surface area contributed by atoms with Crippen LogP contribution < -0.4 is 4.57 Å². The molecule has 4 aromatic rings. The minimum Gasteiger partial charge on any atom is -0.218 e. The number of hydrogen-bond acceptors (Lipinski definition) is 3. The van der Waals surface area contributed by atoms with Crippen molar-refractivity contribution in [3.05, 3.63) is 70.8 Å². The first-order chi connectivity index (χ1) is 16.1. The lowest BCUT2D eigenvalue weighted by atomic mass is 9.96. The molecule has 0 amide bonds. The number of nitrogens with zero attached hydrogens (tertiary/aromatic N) is 4. The Morgan fingerprint density at radius 2 is 1.41 bits per heavy atom. The standard InChI is InChI=1S/C30H37N4/c1-18(2)14-28-31-29(15-19(3)4)33-30(32-28)24-10-9-11-26-23(24)12-13-27(34(26)8)25-17-20(5)16-21(6)22(25)7/h9-13,16-19H,14-15H2,1-8H3/q+1. The molecule has 0 aliphatic carbocycles. The average molecular weight is 454 g/mol. The van der Waals surface area contributed by atoms with Crippen LogP contribution in [-0.2, 0) is 19.9 Å². The zero-order valence-electron chi connectivity index (χ0n) is 21.9. The van der Waals surface area contributed by atoms with Crippen LogP contribution >= 0.6 is 0 Å². The van der Waals surface area contributed by atoms with Crippen LogP contribution in [0.25, 0.3) is 33.5 Å². The minimum atomic E-state index is 0.496. The average Bonchev–Trinajstić information content (AvgIpc) is 2.75. The highest BCUT2D eigenvalue weighted by Gasteiger charge is 2.20. The molecule has 4 heteroatoms. The molecule has 34 heavy (non-hydrogen) atoms. The van der Waals surface area contributed by atoms with Crippen LogP contribution in [0.15, 0.2) is 42.5 Å². The van der Waals surface area contributed by atoms with E-state index >= 15 is 0 Å². The molecule has 0 saturated heterocycles. The fourth-order valence-electron chi connectivity index (χ4n) is 4.70. The van der Waals surface area contributed by atoms with Crippen LogP contribution in [0.1, 0.15) is 56.0 Å².